The van der Waals surface area contributed by atoms with E-state index in [1.165, 1.54) is 12.1 Å². The van der Waals surface area contributed by atoms with Gasteiger partial charge in [-0.1, -0.05) is 6.92 Å². The lowest BCUT2D eigenvalue weighted by atomic mass is 10.3. The molecular formula is C13H15BrFN3O. The summed E-state index contributed by atoms with van der Waals surface area (Å²) < 4.78 is 21.1. The molecule has 0 aliphatic rings. The molecule has 1 heterocycles. The van der Waals surface area contributed by atoms with E-state index in [2.05, 4.69) is 21.0 Å². The summed E-state index contributed by atoms with van der Waals surface area (Å²) >= 11 is 3.08. The highest BCUT2D eigenvalue weighted by atomic mass is 79.9. The number of aryl methyl sites for hydroxylation is 2. The van der Waals surface area contributed by atoms with Gasteiger partial charge in [-0.15, -0.1) is 0 Å². The van der Waals surface area contributed by atoms with Crippen molar-refractivity contribution in [2.45, 2.75) is 20.0 Å². The summed E-state index contributed by atoms with van der Waals surface area (Å²) in [6, 6.07) is 4.73. The van der Waals surface area contributed by atoms with Gasteiger partial charge in [0.1, 0.15) is 18.2 Å². The van der Waals surface area contributed by atoms with Crippen molar-refractivity contribution in [3.05, 3.63) is 39.9 Å². The zero-order valence-electron chi connectivity index (χ0n) is 10.8. The molecule has 1 aromatic carbocycles. The number of nitrogens with two attached hydrogens (primary N) is 1. The van der Waals surface area contributed by atoms with Crippen molar-refractivity contribution >= 4 is 21.6 Å². The second-order valence-electron chi connectivity index (χ2n) is 4.20. The molecule has 0 amide bonds. The summed E-state index contributed by atoms with van der Waals surface area (Å²) in [5.74, 6) is -0.0663. The Morgan fingerprint density at radius 1 is 1.42 bits per heavy atom. The van der Waals surface area contributed by atoms with Crippen LogP contribution >= 0.6 is 15.9 Å². The molecule has 0 fully saturated rings. The topological polar surface area (TPSA) is 53.1 Å². The number of hydrogen-bond donors (Lipinski definition) is 1. The Labute approximate surface area is 119 Å². The quantitative estimate of drug-likeness (QED) is 0.878. The average Bonchev–Trinajstić information content (AvgIpc) is 2.73. The van der Waals surface area contributed by atoms with Gasteiger partial charge in [-0.3, -0.25) is 4.68 Å². The van der Waals surface area contributed by atoms with E-state index in [9.17, 15) is 4.39 Å². The molecule has 2 aromatic rings. The minimum absolute atomic E-state index is 0.300. The van der Waals surface area contributed by atoms with Gasteiger partial charge in [-0.2, -0.15) is 5.10 Å². The molecular weight excluding hydrogens is 313 g/mol. The number of anilines is 1. The molecule has 4 nitrogen and oxygen atoms in total. The van der Waals surface area contributed by atoms with E-state index in [4.69, 9.17) is 10.5 Å². The molecule has 0 radical (unpaired) electrons. The molecule has 0 saturated carbocycles. The van der Waals surface area contributed by atoms with E-state index >= 15 is 0 Å². The number of nitrogens with zero attached hydrogens (tertiary/aromatic N) is 2. The van der Waals surface area contributed by atoms with E-state index in [-0.39, 0.29) is 0 Å². The summed E-state index contributed by atoms with van der Waals surface area (Å²) in [5.41, 5.74) is 8.09. The fourth-order valence-corrected chi connectivity index (χ4v) is 2.06. The zero-order chi connectivity index (χ0) is 14.0. The van der Waals surface area contributed by atoms with Crippen molar-refractivity contribution in [2.75, 3.05) is 5.73 Å². The molecule has 2 N–H and O–H groups in total. The van der Waals surface area contributed by atoms with Crippen LogP contribution in [0.25, 0.3) is 0 Å². The Morgan fingerprint density at radius 3 is 2.79 bits per heavy atom. The second kappa shape index (κ2) is 5.61. The van der Waals surface area contributed by atoms with Crippen LogP contribution < -0.4 is 10.5 Å². The fourth-order valence-electron chi connectivity index (χ4n) is 1.70. The van der Waals surface area contributed by atoms with Crippen LogP contribution in [0.3, 0.4) is 0 Å². The number of hydrogen-bond acceptors (Lipinski definition) is 3. The summed E-state index contributed by atoms with van der Waals surface area (Å²) in [7, 11) is 1.85. The van der Waals surface area contributed by atoms with E-state index in [1.54, 1.807) is 4.68 Å². The maximum absolute atomic E-state index is 13.4. The zero-order valence-corrected chi connectivity index (χ0v) is 12.4. The van der Waals surface area contributed by atoms with Gasteiger partial charge in [0.05, 0.1) is 21.5 Å². The fraction of sp³-hybridized carbons (Fsp3) is 0.308. The number of ether oxygens (including phenoxy) is 1. The standard InChI is InChI=1S/C13H15BrFN3O/c1-3-8-4-9(18(2)17-8)7-19-13-6-11(15)10(14)5-12(13)16/h4-6H,3,7,16H2,1-2H3. The molecule has 0 spiro atoms. The van der Waals surface area contributed by atoms with Gasteiger partial charge in [0.15, 0.2) is 0 Å². The molecule has 1 aromatic heterocycles. The predicted octanol–water partition coefficient (Wildman–Crippen LogP) is 3.05. The van der Waals surface area contributed by atoms with Gasteiger partial charge in [0.2, 0.25) is 0 Å². The first-order valence-electron chi connectivity index (χ1n) is 5.90. The summed E-state index contributed by atoms with van der Waals surface area (Å²) in [4.78, 5) is 0. The molecule has 0 saturated heterocycles. The van der Waals surface area contributed by atoms with Gasteiger partial charge in [0, 0.05) is 13.1 Å². The van der Waals surface area contributed by atoms with Gasteiger partial charge < -0.3 is 10.5 Å². The largest absolute Gasteiger partial charge is 0.485 e. The number of benzene rings is 1. The SMILES string of the molecule is CCc1cc(COc2cc(F)c(Br)cc2N)n(C)n1. The van der Waals surface area contributed by atoms with Crippen LogP contribution in [0.15, 0.2) is 22.7 Å². The van der Waals surface area contributed by atoms with Gasteiger partial charge in [-0.05, 0) is 34.5 Å². The maximum atomic E-state index is 13.4. The van der Waals surface area contributed by atoms with Crippen LogP contribution in [0.5, 0.6) is 5.75 Å². The van der Waals surface area contributed by atoms with Crippen molar-refractivity contribution in [1.29, 1.82) is 0 Å². The van der Waals surface area contributed by atoms with Gasteiger partial charge >= 0.3 is 0 Å². The van der Waals surface area contributed by atoms with E-state index < -0.39 is 5.82 Å². The van der Waals surface area contributed by atoms with Gasteiger partial charge in [0.25, 0.3) is 0 Å². The Morgan fingerprint density at radius 2 is 2.16 bits per heavy atom. The van der Waals surface area contributed by atoms with Crippen LogP contribution in [-0.2, 0) is 20.1 Å². The molecule has 0 aliphatic carbocycles. The third kappa shape index (κ3) is 3.07. The molecule has 0 bridgehead atoms. The minimum Gasteiger partial charge on any atom is -0.485 e. The highest BCUT2D eigenvalue weighted by Crippen LogP contribution is 2.29. The van der Waals surface area contributed by atoms with E-state index in [0.29, 0.717) is 22.5 Å². The minimum atomic E-state index is -0.400. The molecule has 19 heavy (non-hydrogen) atoms. The molecule has 0 atom stereocenters. The monoisotopic (exact) mass is 327 g/mol. The van der Waals surface area contributed by atoms with Crippen molar-refractivity contribution < 1.29 is 9.13 Å². The van der Waals surface area contributed by atoms with Crippen LogP contribution in [-0.4, -0.2) is 9.78 Å². The molecule has 6 heteroatoms. The summed E-state index contributed by atoms with van der Waals surface area (Å²) in [6.07, 6.45) is 0.864. The van der Waals surface area contributed by atoms with Crippen LogP contribution in [0.1, 0.15) is 18.3 Å². The normalized spacial score (nSPS) is 10.7. The Balaban J connectivity index is 2.14. The lowest BCUT2D eigenvalue weighted by Crippen LogP contribution is -2.04. The van der Waals surface area contributed by atoms with E-state index in [1.807, 2.05) is 20.0 Å². The third-order valence-electron chi connectivity index (χ3n) is 2.82. The van der Waals surface area contributed by atoms with Crippen LogP contribution in [0.2, 0.25) is 0 Å². The first-order valence-corrected chi connectivity index (χ1v) is 6.69. The highest BCUT2D eigenvalue weighted by Gasteiger charge is 2.09. The lowest BCUT2D eigenvalue weighted by molar-refractivity contribution is 0.295. The number of nitrogen functional groups attached to an aromatic ring is 1. The number of halogens is 2. The average molecular weight is 328 g/mol. The first kappa shape index (κ1) is 13.9. The van der Waals surface area contributed by atoms with Crippen molar-refractivity contribution in [1.82, 2.24) is 9.78 Å². The highest BCUT2D eigenvalue weighted by molar-refractivity contribution is 9.10. The molecule has 0 aliphatic heterocycles. The van der Waals surface area contributed by atoms with Crippen molar-refractivity contribution in [3.63, 3.8) is 0 Å². The predicted molar refractivity (Wildman–Crippen MR) is 75.4 cm³/mol. The summed E-state index contributed by atoms with van der Waals surface area (Å²) in [5, 5.41) is 4.32. The summed E-state index contributed by atoms with van der Waals surface area (Å²) in [6.45, 7) is 2.34. The van der Waals surface area contributed by atoms with Crippen molar-refractivity contribution in [3.8, 4) is 5.75 Å². The molecule has 0 unspecified atom stereocenters. The Kier molecular flexibility index (Phi) is 4.09. The Hall–Kier alpha value is -1.56. The third-order valence-corrected chi connectivity index (χ3v) is 3.43. The van der Waals surface area contributed by atoms with Crippen molar-refractivity contribution in [2.24, 2.45) is 7.05 Å². The van der Waals surface area contributed by atoms with Gasteiger partial charge in [-0.25, -0.2) is 4.39 Å². The second-order valence-corrected chi connectivity index (χ2v) is 5.05. The smallest absolute Gasteiger partial charge is 0.145 e. The lowest BCUT2D eigenvalue weighted by Gasteiger charge is -2.09. The number of rotatable bonds is 4. The maximum Gasteiger partial charge on any atom is 0.145 e. The molecule has 2 rings (SSSR count). The van der Waals surface area contributed by atoms with Crippen LogP contribution in [0.4, 0.5) is 10.1 Å². The van der Waals surface area contributed by atoms with Crippen LogP contribution in [0, 0.1) is 5.82 Å². The first-order chi connectivity index (χ1) is 9.01. The van der Waals surface area contributed by atoms with E-state index in [0.717, 1.165) is 17.8 Å². The molecule has 102 valence electrons. The Bertz CT molecular complexity index is 598. The number of aromatic nitrogens is 2.